The zero-order valence-corrected chi connectivity index (χ0v) is 11.5. The molecule has 2 heterocycles. The molecule has 0 aliphatic carbocycles. The minimum absolute atomic E-state index is 0.0960. The van der Waals surface area contributed by atoms with Crippen molar-refractivity contribution in [1.82, 2.24) is 10.2 Å². The maximum Gasteiger partial charge on any atom is 0.238 e. The van der Waals surface area contributed by atoms with Crippen LogP contribution in [-0.2, 0) is 9.53 Å². The second kappa shape index (κ2) is 5.50. The van der Waals surface area contributed by atoms with E-state index in [2.05, 4.69) is 12.2 Å². The maximum absolute atomic E-state index is 13.0. The first-order valence-electron chi connectivity index (χ1n) is 7.04. The van der Waals surface area contributed by atoms with E-state index in [1.807, 2.05) is 4.90 Å². The summed E-state index contributed by atoms with van der Waals surface area (Å²) >= 11 is 0. The third kappa shape index (κ3) is 2.43. The first kappa shape index (κ1) is 13.5. The van der Waals surface area contributed by atoms with E-state index in [0.717, 1.165) is 18.6 Å². The Morgan fingerprint density at radius 1 is 1.40 bits per heavy atom. The van der Waals surface area contributed by atoms with Gasteiger partial charge in [0, 0.05) is 18.6 Å². The largest absolute Gasteiger partial charge is 0.381 e. The topological polar surface area (TPSA) is 41.6 Å². The van der Waals surface area contributed by atoms with Crippen LogP contribution in [0.5, 0.6) is 0 Å². The monoisotopic (exact) mass is 278 g/mol. The van der Waals surface area contributed by atoms with E-state index in [1.165, 1.54) is 12.1 Å². The van der Waals surface area contributed by atoms with Gasteiger partial charge in [0.15, 0.2) is 0 Å². The summed E-state index contributed by atoms with van der Waals surface area (Å²) in [7, 11) is 0. The van der Waals surface area contributed by atoms with Crippen LogP contribution in [0.15, 0.2) is 24.3 Å². The summed E-state index contributed by atoms with van der Waals surface area (Å²) in [5, 5.41) is 3.21. The number of ether oxygens (including phenoxy) is 1. The number of nitrogens with one attached hydrogen (secondary N) is 1. The van der Waals surface area contributed by atoms with E-state index in [4.69, 9.17) is 4.74 Å². The van der Waals surface area contributed by atoms with Crippen molar-refractivity contribution in [2.75, 3.05) is 19.8 Å². The van der Waals surface area contributed by atoms with Crippen LogP contribution in [0.4, 0.5) is 4.39 Å². The highest BCUT2D eigenvalue weighted by molar-refractivity contribution is 5.81. The van der Waals surface area contributed by atoms with E-state index in [-0.39, 0.29) is 23.9 Å². The van der Waals surface area contributed by atoms with Crippen LogP contribution in [0.2, 0.25) is 0 Å². The number of hydrogen-bond donors (Lipinski definition) is 1. The van der Waals surface area contributed by atoms with Gasteiger partial charge in [-0.1, -0.05) is 12.1 Å². The highest BCUT2D eigenvalue weighted by atomic mass is 19.1. The van der Waals surface area contributed by atoms with Gasteiger partial charge in [-0.05, 0) is 31.0 Å². The predicted molar refractivity (Wildman–Crippen MR) is 72.4 cm³/mol. The fourth-order valence-electron chi connectivity index (χ4n) is 3.06. The molecule has 3 atom stereocenters. The number of hydrogen-bond acceptors (Lipinski definition) is 3. The van der Waals surface area contributed by atoms with Crippen LogP contribution in [0, 0.1) is 11.7 Å². The van der Waals surface area contributed by atoms with E-state index in [0.29, 0.717) is 19.1 Å². The van der Waals surface area contributed by atoms with Gasteiger partial charge in [0.05, 0.1) is 13.2 Å². The molecule has 1 N–H and O–H groups in total. The van der Waals surface area contributed by atoms with Gasteiger partial charge in [-0.2, -0.15) is 0 Å². The number of amides is 1. The average molecular weight is 278 g/mol. The molecule has 0 aromatic heterocycles. The molecule has 2 aliphatic heterocycles. The normalized spacial score (nSPS) is 28.1. The lowest BCUT2D eigenvalue weighted by Gasteiger charge is -2.33. The summed E-state index contributed by atoms with van der Waals surface area (Å²) in [4.78, 5) is 14.1. The molecular weight excluding hydrogens is 259 g/mol. The van der Waals surface area contributed by atoms with Crippen LogP contribution in [0.1, 0.15) is 25.1 Å². The Kier molecular flexibility index (Phi) is 3.72. The zero-order chi connectivity index (χ0) is 14.1. The summed E-state index contributed by atoms with van der Waals surface area (Å²) in [6.07, 6.45) is 0.819. The number of carbonyl (C=O) groups is 1. The second-order valence-electron chi connectivity index (χ2n) is 5.50. The van der Waals surface area contributed by atoms with Crippen molar-refractivity contribution in [2.24, 2.45) is 5.92 Å². The summed E-state index contributed by atoms with van der Waals surface area (Å²) in [5.74, 6) is 0.211. The predicted octanol–water partition coefficient (Wildman–Crippen LogP) is 1.68. The molecule has 4 nitrogen and oxygen atoms in total. The molecule has 0 saturated carbocycles. The smallest absolute Gasteiger partial charge is 0.238 e. The number of rotatable bonds is 3. The Morgan fingerprint density at radius 2 is 2.15 bits per heavy atom. The molecule has 2 fully saturated rings. The highest BCUT2D eigenvalue weighted by Crippen LogP contribution is 2.30. The number of nitrogens with zero attached hydrogens (tertiary/aromatic N) is 1. The van der Waals surface area contributed by atoms with Crippen molar-refractivity contribution in [3.05, 3.63) is 35.6 Å². The van der Waals surface area contributed by atoms with Crippen LogP contribution >= 0.6 is 0 Å². The van der Waals surface area contributed by atoms with Gasteiger partial charge in [0.2, 0.25) is 5.91 Å². The van der Waals surface area contributed by atoms with Crippen molar-refractivity contribution in [3.63, 3.8) is 0 Å². The van der Waals surface area contributed by atoms with Gasteiger partial charge >= 0.3 is 0 Å². The Balaban J connectivity index is 1.82. The maximum atomic E-state index is 13.0. The van der Waals surface area contributed by atoms with Crippen molar-refractivity contribution >= 4 is 5.91 Å². The Hall–Kier alpha value is -1.46. The van der Waals surface area contributed by atoms with Crippen molar-refractivity contribution < 1.29 is 13.9 Å². The number of halogens is 1. The van der Waals surface area contributed by atoms with E-state index in [1.54, 1.807) is 12.1 Å². The van der Waals surface area contributed by atoms with Gasteiger partial charge in [0.1, 0.15) is 12.0 Å². The average Bonchev–Trinajstić information content (AvgIpc) is 3.08. The molecule has 3 unspecified atom stereocenters. The summed E-state index contributed by atoms with van der Waals surface area (Å²) in [6, 6.07) is 6.45. The molecule has 5 heteroatoms. The first-order chi connectivity index (χ1) is 9.66. The fourth-order valence-corrected chi connectivity index (χ4v) is 3.06. The third-order valence-corrected chi connectivity index (χ3v) is 4.28. The Labute approximate surface area is 117 Å². The summed E-state index contributed by atoms with van der Waals surface area (Å²) in [6.45, 7) is 3.88. The van der Waals surface area contributed by atoms with Crippen LogP contribution in [-0.4, -0.2) is 36.6 Å². The Bertz CT molecular complexity index is 485. The molecule has 1 aromatic carbocycles. The lowest BCUT2D eigenvalue weighted by atomic mass is 9.98. The fraction of sp³-hybridized carbons (Fsp3) is 0.533. The minimum atomic E-state index is -0.262. The molecule has 2 aliphatic rings. The molecule has 1 amide bonds. The molecule has 2 saturated heterocycles. The molecule has 0 spiro atoms. The van der Waals surface area contributed by atoms with Crippen LogP contribution < -0.4 is 5.32 Å². The van der Waals surface area contributed by atoms with Gasteiger partial charge in [-0.25, -0.2) is 4.39 Å². The molecule has 108 valence electrons. The summed E-state index contributed by atoms with van der Waals surface area (Å²) in [5.41, 5.74) is 0.919. The van der Waals surface area contributed by atoms with Gasteiger partial charge in [0.25, 0.3) is 0 Å². The second-order valence-corrected chi connectivity index (χ2v) is 5.50. The van der Waals surface area contributed by atoms with Gasteiger partial charge < -0.3 is 9.64 Å². The number of carbonyl (C=O) groups excluding carboxylic acids is 1. The third-order valence-electron chi connectivity index (χ3n) is 4.28. The lowest BCUT2D eigenvalue weighted by molar-refractivity contribution is -0.131. The molecule has 3 rings (SSSR count). The highest BCUT2D eigenvalue weighted by Gasteiger charge is 2.38. The molecule has 20 heavy (non-hydrogen) atoms. The van der Waals surface area contributed by atoms with E-state index < -0.39 is 0 Å². The molecule has 0 bridgehead atoms. The lowest BCUT2D eigenvalue weighted by Crippen LogP contribution is -2.42. The SMILES string of the molecule is CC(C1CCOC1)N1C(=O)CNC1c1ccc(F)cc1. The number of benzene rings is 1. The van der Waals surface area contributed by atoms with Crippen molar-refractivity contribution in [3.8, 4) is 0 Å². The van der Waals surface area contributed by atoms with Crippen molar-refractivity contribution in [1.29, 1.82) is 0 Å². The molecule has 1 aromatic rings. The Morgan fingerprint density at radius 3 is 2.80 bits per heavy atom. The zero-order valence-electron chi connectivity index (χ0n) is 11.5. The van der Waals surface area contributed by atoms with Crippen LogP contribution in [0.3, 0.4) is 0 Å². The summed E-state index contributed by atoms with van der Waals surface area (Å²) < 4.78 is 18.5. The van der Waals surface area contributed by atoms with E-state index in [9.17, 15) is 9.18 Å². The minimum Gasteiger partial charge on any atom is -0.381 e. The first-order valence-corrected chi connectivity index (χ1v) is 7.04. The quantitative estimate of drug-likeness (QED) is 0.914. The van der Waals surface area contributed by atoms with Crippen molar-refractivity contribution in [2.45, 2.75) is 25.6 Å². The molecule has 0 radical (unpaired) electrons. The molecular formula is C15H19FN2O2. The van der Waals surface area contributed by atoms with Gasteiger partial charge in [-0.15, -0.1) is 0 Å². The van der Waals surface area contributed by atoms with E-state index >= 15 is 0 Å². The van der Waals surface area contributed by atoms with Gasteiger partial charge in [-0.3, -0.25) is 10.1 Å². The van der Waals surface area contributed by atoms with Crippen LogP contribution in [0.25, 0.3) is 0 Å². The standard InChI is InChI=1S/C15H19FN2O2/c1-10(12-6-7-20-9-12)18-14(19)8-17-15(18)11-2-4-13(16)5-3-11/h2-5,10,12,15,17H,6-9H2,1H3.